The van der Waals surface area contributed by atoms with Crippen LogP contribution in [0.3, 0.4) is 0 Å². The van der Waals surface area contributed by atoms with Crippen molar-refractivity contribution in [2.24, 2.45) is 0 Å². The van der Waals surface area contributed by atoms with Gasteiger partial charge in [0.1, 0.15) is 11.9 Å². The third kappa shape index (κ3) is 9.86. The Balaban J connectivity index is 1.80. The van der Waals surface area contributed by atoms with Gasteiger partial charge >= 0.3 is 0 Å². The summed E-state index contributed by atoms with van der Waals surface area (Å²) >= 11 is 7.63. The molecule has 0 heterocycles. The molecule has 0 spiro atoms. The fraction of sp³-hybridized carbons (Fsp3) is 0.333. The molecule has 0 fully saturated rings. The smallest absolute Gasteiger partial charge is 0.243 e. The fourth-order valence-corrected chi connectivity index (χ4v) is 4.86. The number of halogens is 2. The quantitative estimate of drug-likeness (QED) is 0.212. The molecule has 37 heavy (non-hydrogen) atoms. The van der Waals surface area contributed by atoms with Gasteiger partial charge in [-0.2, -0.15) is 0 Å². The molecule has 3 aromatic rings. The van der Waals surface area contributed by atoms with Gasteiger partial charge in [-0.15, -0.1) is 11.8 Å². The van der Waals surface area contributed by atoms with Gasteiger partial charge < -0.3 is 10.2 Å². The molecule has 0 radical (unpaired) electrons. The van der Waals surface area contributed by atoms with E-state index in [-0.39, 0.29) is 24.2 Å². The maximum atomic E-state index is 13.6. The number of carbonyl (C=O) groups is 2. The van der Waals surface area contributed by atoms with Gasteiger partial charge in [0.25, 0.3) is 0 Å². The highest BCUT2D eigenvalue weighted by Gasteiger charge is 2.32. The first kappa shape index (κ1) is 28.7. The molecule has 0 aliphatic heterocycles. The average molecular weight is 541 g/mol. The van der Waals surface area contributed by atoms with E-state index in [0.29, 0.717) is 24.3 Å². The van der Waals surface area contributed by atoms with Crippen LogP contribution in [0.2, 0.25) is 5.02 Å². The van der Waals surface area contributed by atoms with Crippen LogP contribution in [-0.2, 0) is 22.6 Å². The van der Waals surface area contributed by atoms with Crippen molar-refractivity contribution in [1.29, 1.82) is 0 Å². The van der Waals surface area contributed by atoms with E-state index in [2.05, 4.69) is 5.32 Å². The van der Waals surface area contributed by atoms with E-state index in [1.165, 1.54) is 12.1 Å². The second kappa shape index (κ2) is 13.6. The summed E-state index contributed by atoms with van der Waals surface area (Å²) in [4.78, 5) is 29.9. The molecule has 0 aliphatic carbocycles. The number of nitrogens with zero attached hydrogens (tertiary/aromatic N) is 1. The van der Waals surface area contributed by atoms with Gasteiger partial charge in [-0.3, -0.25) is 9.59 Å². The zero-order valence-corrected chi connectivity index (χ0v) is 23.1. The molecule has 1 N–H and O–H groups in total. The minimum absolute atomic E-state index is 0.106. The van der Waals surface area contributed by atoms with Crippen molar-refractivity contribution in [3.63, 3.8) is 0 Å². The largest absolute Gasteiger partial charge is 0.350 e. The van der Waals surface area contributed by atoms with Crippen LogP contribution in [0.25, 0.3) is 0 Å². The van der Waals surface area contributed by atoms with Crippen molar-refractivity contribution in [3.05, 3.63) is 101 Å². The summed E-state index contributed by atoms with van der Waals surface area (Å²) in [6.45, 7) is 5.98. The summed E-state index contributed by atoms with van der Waals surface area (Å²) in [5, 5.41) is 3.74. The topological polar surface area (TPSA) is 49.4 Å². The molecule has 4 nitrogen and oxygen atoms in total. The van der Waals surface area contributed by atoms with Crippen molar-refractivity contribution < 1.29 is 14.0 Å². The Bertz CT molecular complexity index is 1150. The van der Waals surface area contributed by atoms with Crippen molar-refractivity contribution in [2.75, 3.05) is 5.75 Å². The number of hydrogen-bond acceptors (Lipinski definition) is 3. The van der Waals surface area contributed by atoms with Crippen LogP contribution in [0.15, 0.2) is 83.8 Å². The summed E-state index contributed by atoms with van der Waals surface area (Å²) in [5.41, 5.74) is 1.28. The highest BCUT2D eigenvalue weighted by molar-refractivity contribution is 7.99. The van der Waals surface area contributed by atoms with Crippen LogP contribution in [-0.4, -0.2) is 34.0 Å². The Kier molecular flexibility index (Phi) is 10.6. The van der Waals surface area contributed by atoms with Gasteiger partial charge in [0.15, 0.2) is 0 Å². The summed E-state index contributed by atoms with van der Waals surface area (Å²) in [5.74, 6) is 0.107. The first-order chi connectivity index (χ1) is 17.6. The molecule has 7 heteroatoms. The summed E-state index contributed by atoms with van der Waals surface area (Å²) in [7, 11) is 0. The molecular weight excluding hydrogens is 507 g/mol. The molecule has 2 amide bonds. The predicted octanol–water partition coefficient (Wildman–Crippen LogP) is 6.91. The molecule has 1 unspecified atom stereocenters. The molecule has 0 aromatic heterocycles. The lowest BCUT2D eigenvalue weighted by molar-refractivity contribution is -0.142. The number of thioether (sulfide) groups is 1. The van der Waals surface area contributed by atoms with Gasteiger partial charge in [0.05, 0.1) is 0 Å². The van der Waals surface area contributed by atoms with Crippen LogP contribution in [0.1, 0.15) is 44.7 Å². The Morgan fingerprint density at radius 1 is 0.946 bits per heavy atom. The normalized spacial score (nSPS) is 12.1. The molecule has 0 aliphatic rings. The van der Waals surface area contributed by atoms with Crippen molar-refractivity contribution in [1.82, 2.24) is 10.2 Å². The van der Waals surface area contributed by atoms with E-state index in [1.54, 1.807) is 28.8 Å². The minimum Gasteiger partial charge on any atom is -0.350 e. The first-order valence-corrected chi connectivity index (χ1v) is 13.8. The fourth-order valence-electron chi connectivity index (χ4n) is 3.88. The molecule has 3 aromatic carbocycles. The zero-order valence-electron chi connectivity index (χ0n) is 21.5. The number of rotatable bonds is 11. The first-order valence-electron chi connectivity index (χ1n) is 12.4. The SMILES string of the molecule is CC(C)(C)NC(=O)C(Cc1ccccc1)N(Cc1ccc(F)cc1)C(=O)CCCSc1ccc(Cl)cc1. The molecule has 0 saturated carbocycles. The summed E-state index contributed by atoms with van der Waals surface area (Å²) < 4.78 is 13.6. The number of benzene rings is 3. The lowest BCUT2D eigenvalue weighted by Crippen LogP contribution is -2.54. The van der Waals surface area contributed by atoms with E-state index >= 15 is 0 Å². The van der Waals surface area contributed by atoms with Gasteiger partial charge in [0.2, 0.25) is 11.8 Å². The highest BCUT2D eigenvalue weighted by atomic mass is 35.5. The highest BCUT2D eigenvalue weighted by Crippen LogP contribution is 2.23. The monoisotopic (exact) mass is 540 g/mol. The zero-order chi connectivity index (χ0) is 26.8. The van der Waals surface area contributed by atoms with Gasteiger partial charge in [-0.05, 0) is 80.5 Å². The third-order valence-corrected chi connectivity index (χ3v) is 7.00. The summed E-state index contributed by atoms with van der Waals surface area (Å²) in [6, 6.07) is 22.7. The molecule has 0 saturated heterocycles. The molecule has 0 bridgehead atoms. The molecule has 3 rings (SSSR count). The maximum Gasteiger partial charge on any atom is 0.243 e. The maximum absolute atomic E-state index is 13.6. The van der Waals surface area contributed by atoms with E-state index in [9.17, 15) is 14.0 Å². The molecule has 1 atom stereocenters. The van der Waals surface area contributed by atoms with Crippen LogP contribution in [0.4, 0.5) is 4.39 Å². The number of hydrogen-bond donors (Lipinski definition) is 1. The van der Waals surface area contributed by atoms with Crippen LogP contribution in [0, 0.1) is 5.82 Å². The predicted molar refractivity (Wildman–Crippen MR) is 150 cm³/mol. The molecular formula is C30H34ClFN2O2S. The minimum atomic E-state index is -0.705. The number of amides is 2. The van der Waals surface area contributed by atoms with Gasteiger partial charge in [-0.25, -0.2) is 4.39 Å². The van der Waals surface area contributed by atoms with E-state index in [0.717, 1.165) is 21.8 Å². The van der Waals surface area contributed by atoms with Crippen LogP contribution in [0.5, 0.6) is 0 Å². The van der Waals surface area contributed by atoms with E-state index in [1.807, 2.05) is 75.4 Å². The lowest BCUT2D eigenvalue weighted by atomic mass is 10.00. The average Bonchev–Trinajstić information content (AvgIpc) is 2.85. The Labute approximate surface area is 228 Å². The standard InChI is InChI=1S/C30H34ClFN2O2S/c1-30(2,3)33-29(36)27(20-22-8-5-4-6-9-22)34(21-23-11-15-25(32)16-12-23)28(35)10-7-19-37-26-17-13-24(31)14-18-26/h4-6,8-9,11-18,27H,7,10,19-21H2,1-3H3,(H,33,36). The van der Waals surface area contributed by atoms with Crippen LogP contribution >= 0.6 is 23.4 Å². The second-order valence-corrected chi connectivity index (χ2v) is 11.6. The Morgan fingerprint density at radius 3 is 2.22 bits per heavy atom. The Morgan fingerprint density at radius 2 is 1.59 bits per heavy atom. The summed E-state index contributed by atoms with van der Waals surface area (Å²) in [6.07, 6.45) is 1.34. The number of nitrogens with one attached hydrogen (secondary N) is 1. The van der Waals surface area contributed by atoms with Gasteiger partial charge in [0, 0.05) is 34.8 Å². The third-order valence-electron chi connectivity index (χ3n) is 5.65. The Hall–Kier alpha value is -2.83. The van der Waals surface area contributed by atoms with E-state index < -0.39 is 11.6 Å². The number of carbonyl (C=O) groups excluding carboxylic acids is 2. The molecule has 196 valence electrons. The lowest BCUT2D eigenvalue weighted by Gasteiger charge is -2.34. The van der Waals surface area contributed by atoms with E-state index in [4.69, 9.17) is 11.6 Å². The second-order valence-electron chi connectivity index (χ2n) is 10.00. The van der Waals surface area contributed by atoms with Gasteiger partial charge in [-0.1, -0.05) is 54.1 Å². The van der Waals surface area contributed by atoms with Crippen LogP contribution < -0.4 is 5.32 Å². The van der Waals surface area contributed by atoms with Crippen molar-refractivity contribution in [3.8, 4) is 0 Å². The van der Waals surface area contributed by atoms with Crippen molar-refractivity contribution in [2.45, 2.75) is 63.1 Å². The van der Waals surface area contributed by atoms with Crippen molar-refractivity contribution >= 4 is 35.2 Å².